The maximum atomic E-state index is 8.81. The van der Waals surface area contributed by atoms with Crippen LogP contribution in [-0.4, -0.2) is 10.1 Å². The lowest BCUT2D eigenvalue weighted by Crippen LogP contribution is -1.89. The average Bonchev–Trinajstić information content (AvgIpc) is 2.69. The van der Waals surface area contributed by atoms with Gasteiger partial charge < -0.3 is 9.52 Å². The Balaban J connectivity index is 2.11. The third kappa shape index (κ3) is 2.58. The van der Waals surface area contributed by atoms with Gasteiger partial charge in [0.25, 0.3) is 0 Å². The highest BCUT2D eigenvalue weighted by atomic mass is 35.5. The van der Waals surface area contributed by atoms with Crippen molar-refractivity contribution in [2.24, 2.45) is 0 Å². The molecule has 0 aliphatic rings. The summed E-state index contributed by atoms with van der Waals surface area (Å²) < 4.78 is 5.19. The molecule has 3 nitrogen and oxygen atoms in total. The predicted octanol–water partition coefficient (Wildman–Crippen LogP) is 2.41. The monoisotopic (exact) mass is 223 g/mol. The molecular weight excluding hydrogens is 214 g/mol. The molecule has 2 rings (SSSR count). The van der Waals surface area contributed by atoms with Gasteiger partial charge >= 0.3 is 0 Å². The minimum atomic E-state index is -0.0931. The zero-order valence-electron chi connectivity index (χ0n) is 7.98. The SMILES string of the molecule is OCc1coc(Cc2ccc(Cl)cc2)n1. The third-order valence-electron chi connectivity index (χ3n) is 2.03. The molecule has 78 valence electrons. The normalized spacial score (nSPS) is 10.5. The summed E-state index contributed by atoms with van der Waals surface area (Å²) in [6.45, 7) is -0.0931. The Morgan fingerprint density at radius 1 is 1.27 bits per heavy atom. The summed E-state index contributed by atoms with van der Waals surface area (Å²) in [5.74, 6) is 0.598. The van der Waals surface area contributed by atoms with Gasteiger partial charge in [-0.2, -0.15) is 0 Å². The van der Waals surface area contributed by atoms with Crippen molar-refractivity contribution in [1.82, 2.24) is 4.98 Å². The van der Waals surface area contributed by atoms with Crippen LogP contribution in [0.5, 0.6) is 0 Å². The molecule has 0 amide bonds. The Morgan fingerprint density at radius 3 is 2.60 bits per heavy atom. The number of benzene rings is 1. The van der Waals surface area contributed by atoms with Crippen molar-refractivity contribution < 1.29 is 9.52 Å². The summed E-state index contributed by atoms with van der Waals surface area (Å²) in [4.78, 5) is 4.10. The summed E-state index contributed by atoms with van der Waals surface area (Å²) >= 11 is 5.77. The lowest BCUT2D eigenvalue weighted by molar-refractivity contribution is 0.276. The second kappa shape index (κ2) is 4.47. The Hall–Kier alpha value is -1.32. The summed E-state index contributed by atoms with van der Waals surface area (Å²) in [6.07, 6.45) is 2.07. The molecule has 0 radical (unpaired) electrons. The fraction of sp³-hybridized carbons (Fsp3) is 0.182. The molecule has 0 atom stereocenters. The topological polar surface area (TPSA) is 46.3 Å². The lowest BCUT2D eigenvalue weighted by atomic mass is 10.1. The minimum Gasteiger partial charge on any atom is -0.448 e. The van der Waals surface area contributed by atoms with Crippen molar-refractivity contribution in [3.05, 3.63) is 52.7 Å². The molecule has 15 heavy (non-hydrogen) atoms. The lowest BCUT2D eigenvalue weighted by Gasteiger charge is -1.96. The molecule has 0 aliphatic heterocycles. The highest BCUT2D eigenvalue weighted by Gasteiger charge is 2.03. The molecule has 0 fully saturated rings. The molecule has 1 aromatic carbocycles. The highest BCUT2D eigenvalue weighted by molar-refractivity contribution is 6.30. The third-order valence-corrected chi connectivity index (χ3v) is 2.28. The fourth-order valence-corrected chi connectivity index (χ4v) is 1.41. The Bertz CT molecular complexity index is 436. The number of hydrogen-bond donors (Lipinski definition) is 1. The number of oxazole rings is 1. The average molecular weight is 224 g/mol. The van der Waals surface area contributed by atoms with Gasteiger partial charge in [0.15, 0.2) is 5.89 Å². The second-order valence-electron chi connectivity index (χ2n) is 3.19. The summed E-state index contributed by atoms with van der Waals surface area (Å²) in [5.41, 5.74) is 1.63. The second-order valence-corrected chi connectivity index (χ2v) is 3.63. The molecule has 0 bridgehead atoms. The van der Waals surface area contributed by atoms with Crippen molar-refractivity contribution in [2.75, 3.05) is 0 Å². The maximum absolute atomic E-state index is 8.81. The van der Waals surface area contributed by atoms with Gasteiger partial charge in [-0.25, -0.2) is 4.98 Å². The molecule has 0 aliphatic carbocycles. The molecular formula is C11H10ClNO2. The van der Waals surface area contributed by atoms with Crippen molar-refractivity contribution in [3.63, 3.8) is 0 Å². The quantitative estimate of drug-likeness (QED) is 0.869. The molecule has 0 saturated heterocycles. The van der Waals surface area contributed by atoms with E-state index < -0.39 is 0 Å². The van der Waals surface area contributed by atoms with Crippen LogP contribution in [0.1, 0.15) is 17.1 Å². The first-order chi connectivity index (χ1) is 7.28. The number of rotatable bonds is 3. The van der Waals surface area contributed by atoms with E-state index in [0.29, 0.717) is 23.0 Å². The highest BCUT2D eigenvalue weighted by Crippen LogP contribution is 2.13. The largest absolute Gasteiger partial charge is 0.448 e. The van der Waals surface area contributed by atoms with Gasteiger partial charge in [0.05, 0.1) is 6.61 Å². The molecule has 1 aromatic heterocycles. The van der Waals surface area contributed by atoms with E-state index in [-0.39, 0.29) is 6.61 Å². The first kappa shape index (κ1) is 10.2. The summed E-state index contributed by atoms with van der Waals surface area (Å²) in [5, 5.41) is 9.52. The number of halogens is 1. The van der Waals surface area contributed by atoms with E-state index in [9.17, 15) is 0 Å². The van der Waals surface area contributed by atoms with Crippen molar-refractivity contribution >= 4 is 11.6 Å². The van der Waals surface area contributed by atoms with Crippen molar-refractivity contribution in [3.8, 4) is 0 Å². The van der Waals surface area contributed by atoms with Gasteiger partial charge in [-0.05, 0) is 17.7 Å². The van der Waals surface area contributed by atoms with Crippen LogP contribution in [0.25, 0.3) is 0 Å². The van der Waals surface area contributed by atoms with Crippen LogP contribution in [0.3, 0.4) is 0 Å². The molecule has 0 unspecified atom stereocenters. The molecule has 4 heteroatoms. The maximum Gasteiger partial charge on any atom is 0.198 e. The van der Waals surface area contributed by atoms with Crippen LogP contribution in [0, 0.1) is 0 Å². The molecule has 2 aromatic rings. The van der Waals surface area contributed by atoms with E-state index in [0.717, 1.165) is 5.56 Å². The molecule has 0 saturated carbocycles. The van der Waals surface area contributed by atoms with E-state index in [1.807, 2.05) is 24.3 Å². The van der Waals surface area contributed by atoms with Crippen LogP contribution in [0.2, 0.25) is 5.02 Å². The van der Waals surface area contributed by atoms with Crippen LogP contribution < -0.4 is 0 Å². The van der Waals surface area contributed by atoms with Crippen LogP contribution >= 0.6 is 11.6 Å². The number of nitrogens with zero attached hydrogens (tertiary/aromatic N) is 1. The number of aliphatic hydroxyl groups is 1. The molecule has 0 spiro atoms. The van der Waals surface area contributed by atoms with Gasteiger partial charge in [-0.15, -0.1) is 0 Å². The van der Waals surface area contributed by atoms with Crippen molar-refractivity contribution in [2.45, 2.75) is 13.0 Å². The van der Waals surface area contributed by atoms with Gasteiger partial charge in [-0.3, -0.25) is 0 Å². The van der Waals surface area contributed by atoms with E-state index in [2.05, 4.69) is 4.98 Å². The summed E-state index contributed by atoms with van der Waals surface area (Å²) in [7, 11) is 0. The molecule has 1 heterocycles. The van der Waals surface area contributed by atoms with E-state index >= 15 is 0 Å². The predicted molar refractivity (Wildman–Crippen MR) is 56.7 cm³/mol. The van der Waals surface area contributed by atoms with Gasteiger partial charge in [-0.1, -0.05) is 23.7 Å². The first-order valence-corrected chi connectivity index (χ1v) is 4.94. The smallest absolute Gasteiger partial charge is 0.198 e. The Labute approximate surface area is 92.3 Å². The van der Waals surface area contributed by atoms with Crippen molar-refractivity contribution in [1.29, 1.82) is 0 Å². The van der Waals surface area contributed by atoms with E-state index in [4.69, 9.17) is 21.1 Å². The molecule has 1 N–H and O–H groups in total. The van der Waals surface area contributed by atoms with Gasteiger partial charge in [0, 0.05) is 11.4 Å². The fourth-order valence-electron chi connectivity index (χ4n) is 1.28. The number of hydrogen-bond acceptors (Lipinski definition) is 3. The Morgan fingerprint density at radius 2 is 2.00 bits per heavy atom. The van der Waals surface area contributed by atoms with Gasteiger partial charge in [0.2, 0.25) is 0 Å². The minimum absolute atomic E-state index is 0.0931. The van der Waals surface area contributed by atoms with Crippen LogP contribution in [0.15, 0.2) is 34.9 Å². The zero-order valence-corrected chi connectivity index (χ0v) is 8.74. The van der Waals surface area contributed by atoms with Crippen LogP contribution in [0.4, 0.5) is 0 Å². The van der Waals surface area contributed by atoms with Crippen LogP contribution in [-0.2, 0) is 13.0 Å². The standard InChI is InChI=1S/C11H10ClNO2/c12-9-3-1-8(2-4-9)5-11-13-10(6-14)7-15-11/h1-4,7,14H,5-6H2. The van der Waals surface area contributed by atoms with E-state index in [1.165, 1.54) is 6.26 Å². The zero-order chi connectivity index (χ0) is 10.7. The van der Waals surface area contributed by atoms with E-state index in [1.54, 1.807) is 0 Å². The number of aromatic nitrogens is 1. The first-order valence-electron chi connectivity index (χ1n) is 4.56. The summed E-state index contributed by atoms with van der Waals surface area (Å²) in [6, 6.07) is 7.50. The number of aliphatic hydroxyl groups excluding tert-OH is 1. The Kier molecular flexibility index (Phi) is 3.04. The van der Waals surface area contributed by atoms with Gasteiger partial charge in [0.1, 0.15) is 12.0 Å².